The van der Waals surface area contributed by atoms with Crippen LogP contribution in [0.15, 0.2) is 34.9 Å². The monoisotopic (exact) mass is 231 g/mol. The van der Waals surface area contributed by atoms with Crippen molar-refractivity contribution in [2.45, 2.75) is 39.0 Å². The maximum absolute atomic E-state index is 11.9. The molecule has 2 aliphatic rings. The minimum atomic E-state index is 0.291. The van der Waals surface area contributed by atoms with Crippen LogP contribution in [0.2, 0.25) is 0 Å². The Morgan fingerprint density at radius 2 is 2.12 bits per heavy atom. The molecule has 0 aromatic heterocycles. The number of carbonyl (C=O) groups excluding carboxylic acids is 1. The van der Waals surface area contributed by atoms with Crippen LogP contribution in [0.3, 0.4) is 0 Å². The zero-order valence-electron chi connectivity index (χ0n) is 10.6. The Labute approximate surface area is 103 Å². The molecular formula is C15H21NO. The highest BCUT2D eigenvalue weighted by Crippen LogP contribution is 2.24. The molecule has 0 saturated carbocycles. The van der Waals surface area contributed by atoms with Crippen molar-refractivity contribution in [1.82, 2.24) is 5.32 Å². The van der Waals surface area contributed by atoms with Crippen LogP contribution in [0, 0.1) is 0 Å². The van der Waals surface area contributed by atoms with Crippen LogP contribution in [0.4, 0.5) is 0 Å². The van der Waals surface area contributed by atoms with E-state index >= 15 is 0 Å². The number of carbonyl (C=O) groups is 1. The minimum Gasteiger partial charge on any atom is -0.316 e. The quantitative estimate of drug-likeness (QED) is 0.809. The van der Waals surface area contributed by atoms with Gasteiger partial charge in [0.1, 0.15) is 0 Å². The molecule has 0 unspecified atom stereocenters. The van der Waals surface area contributed by atoms with Crippen molar-refractivity contribution in [3.63, 3.8) is 0 Å². The molecule has 0 saturated heterocycles. The lowest BCUT2D eigenvalue weighted by Gasteiger charge is -2.04. The van der Waals surface area contributed by atoms with Crippen molar-refractivity contribution in [3.05, 3.63) is 34.9 Å². The fourth-order valence-electron chi connectivity index (χ4n) is 2.43. The average molecular weight is 231 g/mol. The van der Waals surface area contributed by atoms with E-state index in [0.29, 0.717) is 12.2 Å². The zero-order valence-corrected chi connectivity index (χ0v) is 10.6. The van der Waals surface area contributed by atoms with Crippen LogP contribution >= 0.6 is 0 Å². The number of rotatable bonds is 3. The Kier molecular flexibility index (Phi) is 4.32. The first-order valence-electron chi connectivity index (χ1n) is 6.64. The Morgan fingerprint density at radius 3 is 2.94 bits per heavy atom. The van der Waals surface area contributed by atoms with E-state index in [0.717, 1.165) is 44.3 Å². The molecule has 2 rings (SSSR count). The maximum atomic E-state index is 11.9. The fraction of sp³-hybridized carbons (Fsp3) is 0.533. The van der Waals surface area contributed by atoms with Gasteiger partial charge in [0.05, 0.1) is 0 Å². The number of nitrogens with one attached hydrogen (secondary N) is 1. The maximum Gasteiger partial charge on any atom is 0.162 e. The molecule has 1 aliphatic heterocycles. The summed E-state index contributed by atoms with van der Waals surface area (Å²) >= 11 is 0. The second-order valence-corrected chi connectivity index (χ2v) is 4.75. The van der Waals surface area contributed by atoms with Gasteiger partial charge in [-0.1, -0.05) is 30.7 Å². The summed E-state index contributed by atoms with van der Waals surface area (Å²) in [5.74, 6) is 0.291. The van der Waals surface area contributed by atoms with E-state index in [1.165, 1.54) is 11.1 Å². The Bertz CT molecular complexity index is 388. The summed E-state index contributed by atoms with van der Waals surface area (Å²) in [4.78, 5) is 11.9. The van der Waals surface area contributed by atoms with Crippen LogP contribution in [-0.4, -0.2) is 18.9 Å². The molecule has 2 heteroatoms. The summed E-state index contributed by atoms with van der Waals surface area (Å²) in [6.45, 7) is 4.18. The number of hydrogen-bond acceptors (Lipinski definition) is 2. The average Bonchev–Trinajstić information content (AvgIpc) is 2.63. The Morgan fingerprint density at radius 1 is 1.29 bits per heavy atom. The number of hydrogen-bond donors (Lipinski definition) is 1. The van der Waals surface area contributed by atoms with Gasteiger partial charge >= 0.3 is 0 Å². The van der Waals surface area contributed by atoms with Crippen LogP contribution in [0.25, 0.3) is 0 Å². The largest absolute Gasteiger partial charge is 0.316 e. The van der Waals surface area contributed by atoms with Crippen LogP contribution in [0.1, 0.15) is 39.0 Å². The predicted octanol–water partition coefficient (Wildman–Crippen LogP) is 2.92. The van der Waals surface area contributed by atoms with Gasteiger partial charge in [0.2, 0.25) is 0 Å². The van der Waals surface area contributed by atoms with Gasteiger partial charge < -0.3 is 5.32 Å². The van der Waals surface area contributed by atoms with E-state index in [9.17, 15) is 4.79 Å². The molecular weight excluding hydrogens is 210 g/mol. The first kappa shape index (κ1) is 12.3. The van der Waals surface area contributed by atoms with Gasteiger partial charge in [-0.2, -0.15) is 0 Å². The van der Waals surface area contributed by atoms with E-state index in [-0.39, 0.29) is 0 Å². The number of ketones is 1. The molecule has 0 amide bonds. The first-order valence-corrected chi connectivity index (χ1v) is 6.64. The molecule has 0 fully saturated rings. The molecule has 0 bridgehead atoms. The van der Waals surface area contributed by atoms with Gasteiger partial charge in [-0.25, -0.2) is 0 Å². The SMILES string of the molecule is CCCC(=O)C1=CCC2=C(C=C1)CCNCC2. The van der Waals surface area contributed by atoms with Crippen molar-refractivity contribution < 1.29 is 4.79 Å². The van der Waals surface area contributed by atoms with E-state index in [2.05, 4.69) is 24.4 Å². The zero-order chi connectivity index (χ0) is 12.1. The first-order chi connectivity index (χ1) is 8.31. The summed E-state index contributed by atoms with van der Waals surface area (Å²) in [5, 5.41) is 3.42. The van der Waals surface area contributed by atoms with Crippen molar-refractivity contribution in [1.29, 1.82) is 0 Å². The summed E-state index contributed by atoms with van der Waals surface area (Å²) in [6, 6.07) is 0. The summed E-state index contributed by atoms with van der Waals surface area (Å²) in [7, 11) is 0. The summed E-state index contributed by atoms with van der Waals surface area (Å²) < 4.78 is 0. The lowest BCUT2D eigenvalue weighted by molar-refractivity contribution is -0.115. The molecule has 0 aromatic rings. The van der Waals surface area contributed by atoms with E-state index < -0.39 is 0 Å². The normalized spacial score (nSPS) is 20.4. The Hall–Kier alpha value is -1.15. The summed E-state index contributed by atoms with van der Waals surface area (Å²) in [6.07, 6.45) is 11.1. The molecule has 2 nitrogen and oxygen atoms in total. The topological polar surface area (TPSA) is 29.1 Å². The van der Waals surface area contributed by atoms with E-state index in [4.69, 9.17) is 0 Å². The third-order valence-corrected chi connectivity index (χ3v) is 3.46. The van der Waals surface area contributed by atoms with Gasteiger partial charge in [0, 0.05) is 12.0 Å². The third-order valence-electron chi connectivity index (χ3n) is 3.46. The second kappa shape index (κ2) is 5.97. The van der Waals surface area contributed by atoms with Crippen LogP contribution in [-0.2, 0) is 4.79 Å². The van der Waals surface area contributed by atoms with Crippen molar-refractivity contribution in [2.24, 2.45) is 0 Å². The Balaban J connectivity index is 2.11. The van der Waals surface area contributed by atoms with Crippen molar-refractivity contribution in [2.75, 3.05) is 13.1 Å². The van der Waals surface area contributed by atoms with Crippen LogP contribution < -0.4 is 5.32 Å². The van der Waals surface area contributed by atoms with E-state index in [1.807, 2.05) is 6.08 Å². The van der Waals surface area contributed by atoms with Crippen molar-refractivity contribution in [3.8, 4) is 0 Å². The summed E-state index contributed by atoms with van der Waals surface area (Å²) in [5.41, 5.74) is 3.85. The van der Waals surface area contributed by atoms with Gasteiger partial charge in [0.25, 0.3) is 0 Å². The molecule has 17 heavy (non-hydrogen) atoms. The minimum absolute atomic E-state index is 0.291. The highest BCUT2D eigenvalue weighted by atomic mass is 16.1. The highest BCUT2D eigenvalue weighted by molar-refractivity contribution is 5.98. The lowest BCUT2D eigenvalue weighted by atomic mass is 10.0. The third kappa shape index (κ3) is 3.16. The number of Topliss-reactive ketones (excluding diaryl/α,β-unsaturated/α-hetero) is 1. The molecule has 0 spiro atoms. The van der Waals surface area contributed by atoms with Crippen molar-refractivity contribution >= 4 is 5.78 Å². The molecule has 0 radical (unpaired) electrons. The van der Waals surface area contributed by atoms with Gasteiger partial charge in [-0.05, 0) is 44.3 Å². The highest BCUT2D eigenvalue weighted by Gasteiger charge is 2.13. The van der Waals surface area contributed by atoms with E-state index in [1.54, 1.807) is 0 Å². The molecule has 1 aliphatic carbocycles. The van der Waals surface area contributed by atoms with Crippen LogP contribution in [0.5, 0.6) is 0 Å². The van der Waals surface area contributed by atoms with Gasteiger partial charge in [0.15, 0.2) is 5.78 Å². The standard InChI is InChI=1S/C15H21NO/c1-2-3-15(17)14-6-4-12-8-10-16-11-9-13(12)5-7-14/h4,6-7,16H,2-3,5,8-11H2,1H3. The molecule has 0 aromatic carbocycles. The molecule has 0 atom stereocenters. The number of allylic oxidation sites excluding steroid dienone is 4. The van der Waals surface area contributed by atoms with Gasteiger partial charge in [-0.3, -0.25) is 4.79 Å². The molecule has 92 valence electrons. The predicted molar refractivity (Wildman–Crippen MR) is 70.9 cm³/mol. The molecule has 1 heterocycles. The fourth-order valence-corrected chi connectivity index (χ4v) is 2.43. The second-order valence-electron chi connectivity index (χ2n) is 4.75. The molecule has 1 N–H and O–H groups in total. The lowest BCUT2D eigenvalue weighted by Crippen LogP contribution is -2.14. The smallest absolute Gasteiger partial charge is 0.162 e. The van der Waals surface area contributed by atoms with Gasteiger partial charge in [-0.15, -0.1) is 0 Å².